The van der Waals surface area contributed by atoms with E-state index >= 15 is 0 Å². The van der Waals surface area contributed by atoms with Crippen molar-refractivity contribution < 1.29 is 9.57 Å². The maximum absolute atomic E-state index is 6.09. The summed E-state index contributed by atoms with van der Waals surface area (Å²) in [4.78, 5) is 18.2. The van der Waals surface area contributed by atoms with Crippen molar-refractivity contribution in [3.8, 4) is 5.75 Å². The summed E-state index contributed by atoms with van der Waals surface area (Å²) < 4.78 is 5.57. The molecular formula is C24H29N7O2. The highest BCUT2D eigenvalue weighted by molar-refractivity contribution is 5.80. The van der Waals surface area contributed by atoms with Gasteiger partial charge in [0.1, 0.15) is 18.0 Å². The molecule has 1 aliphatic rings. The van der Waals surface area contributed by atoms with E-state index in [2.05, 4.69) is 37.1 Å². The van der Waals surface area contributed by atoms with Gasteiger partial charge in [-0.1, -0.05) is 35.5 Å². The van der Waals surface area contributed by atoms with E-state index in [1.54, 1.807) is 6.21 Å². The van der Waals surface area contributed by atoms with E-state index in [1.807, 2.05) is 49.4 Å². The molecule has 0 amide bonds. The minimum Gasteiger partial charge on any atom is -0.490 e. The molecule has 2 heterocycles. The van der Waals surface area contributed by atoms with Gasteiger partial charge in [0, 0.05) is 31.9 Å². The quantitative estimate of drug-likeness (QED) is 0.308. The number of para-hydroxylation sites is 1. The number of rotatable bonds is 8. The topological polar surface area (TPSA) is 115 Å². The molecule has 9 nitrogen and oxygen atoms in total. The normalized spacial score (nSPS) is 14.0. The molecule has 4 rings (SSSR count). The Morgan fingerprint density at radius 1 is 0.909 bits per heavy atom. The molecule has 1 aliphatic heterocycles. The van der Waals surface area contributed by atoms with E-state index in [1.165, 1.54) is 5.69 Å². The van der Waals surface area contributed by atoms with Crippen molar-refractivity contribution in [1.82, 2.24) is 9.97 Å². The van der Waals surface area contributed by atoms with Crippen LogP contribution in [0.5, 0.6) is 5.75 Å². The maximum atomic E-state index is 6.09. The summed E-state index contributed by atoms with van der Waals surface area (Å²) in [6.45, 7) is 6.16. The van der Waals surface area contributed by atoms with E-state index < -0.39 is 0 Å². The molecule has 0 saturated carbocycles. The second-order valence-corrected chi connectivity index (χ2v) is 7.70. The fraction of sp³-hybridized carbons (Fsp3) is 0.292. The fourth-order valence-corrected chi connectivity index (χ4v) is 3.83. The lowest BCUT2D eigenvalue weighted by Crippen LogP contribution is -2.47. The predicted octanol–water partition coefficient (Wildman–Crippen LogP) is 2.71. The standard InChI is InChI=1S/C24H29N7O2/c1-18-22(23(25)29-24(26)28-18)31-13-11-30(12-14-31)20-9-7-19(8-10-20)17-27-33-16-15-32-21-5-3-2-4-6-21/h2-10,17H,11-16H2,1H3,(H4,25,26,28,29). The summed E-state index contributed by atoms with van der Waals surface area (Å²) in [6.07, 6.45) is 1.71. The van der Waals surface area contributed by atoms with Gasteiger partial charge in [0.2, 0.25) is 5.95 Å². The van der Waals surface area contributed by atoms with Gasteiger partial charge >= 0.3 is 0 Å². The highest BCUT2D eigenvalue weighted by Crippen LogP contribution is 2.27. The Kier molecular flexibility index (Phi) is 7.09. The largest absolute Gasteiger partial charge is 0.490 e. The average molecular weight is 448 g/mol. The summed E-state index contributed by atoms with van der Waals surface area (Å²) in [5.41, 5.74) is 15.6. The van der Waals surface area contributed by atoms with Crippen LogP contribution in [0.3, 0.4) is 0 Å². The van der Waals surface area contributed by atoms with E-state index in [9.17, 15) is 0 Å². The van der Waals surface area contributed by atoms with Crippen LogP contribution in [-0.2, 0) is 4.84 Å². The first-order chi connectivity index (χ1) is 16.1. The number of hydrogen-bond acceptors (Lipinski definition) is 9. The third kappa shape index (κ3) is 5.82. The minimum atomic E-state index is 0.210. The van der Waals surface area contributed by atoms with Crippen LogP contribution in [0.15, 0.2) is 59.8 Å². The molecule has 1 fully saturated rings. The van der Waals surface area contributed by atoms with Crippen molar-refractivity contribution in [3.63, 3.8) is 0 Å². The summed E-state index contributed by atoms with van der Waals surface area (Å²) in [5, 5.41) is 4.02. The van der Waals surface area contributed by atoms with Crippen molar-refractivity contribution in [2.45, 2.75) is 6.92 Å². The number of ether oxygens (including phenoxy) is 1. The lowest BCUT2D eigenvalue weighted by atomic mass is 10.2. The molecule has 4 N–H and O–H groups in total. The Labute approximate surface area is 193 Å². The molecule has 0 bridgehead atoms. The number of aryl methyl sites for hydroxylation is 1. The monoisotopic (exact) mass is 447 g/mol. The fourth-order valence-electron chi connectivity index (χ4n) is 3.83. The van der Waals surface area contributed by atoms with E-state index in [-0.39, 0.29) is 5.95 Å². The third-order valence-corrected chi connectivity index (χ3v) is 5.42. The Hall–Kier alpha value is -4.01. The maximum Gasteiger partial charge on any atom is 0.222 e. The first-order valence-electron chi connectivity index (χ1n) is 10.9. The van der Waals surface area contributed by atoms with Gasteiger partial charge in [-0.3, -0.25) is 0 Å². The second kappa shape index (κ2) is 10.5. The first kappa shape index (κ1) is 22.2. The third-order valence-electron chi connectivity index (χ3n) is 5.42. The summed E-state index contributed by atoms with van der Waals surface area (Å²) in [6, 6.07) is 17.9. The molecule has 0 radical (unpaired) electrons. The lowest BCUT2D eigenvalue weighted by molar-refractivity contribution is 0.108. The van der Waals surface area contributed by atoms with Crippen molar-refractivity contribution in [2.75, 3.05) is 60.7 Å². The van der Waals surface area contributed by atoms with Crippen molar-refractivity contribution in [1.29, 1.82) is 0 Å². The SMILES string of the molecule is Cc1nc(N)nc(N)c1N1CCN(c2ccc(C=NOCCOc3ccccc3)cc2)CC1. The molecule has 9 heteroatoms. The van der Waals surface area contributed by atoms with Gasteiger partial charge in [-0.05, 0) is 36.8 Å². The van der Waals surface area contributed by atoms with Crippen LogP contribution in [0.2, 0.25) is 0 Å². The van der Waals surface area contributed by atoms with Crippen molar-refractivity contribution in [3.05, 3.63) is 65.9 Å². The lowest BCUT2D eigenvalue weighted by Gasteiger charge is -2.38. The van der Waals surface area contributed by atoms with E-state index in [0.717, 1.165) is 48.9 Å². The van der Waals surface area contributed by atoms with Crippen LogP contribution in [0.4, 0.5) is 23.1 Å². The van der Waals surface area contributed by atoms with Gasteiger partial charge in [0.15, 0.2) is 12.4 Å². The number of benzene rings is 2. The zero-order valence-corrected chi connectivity index (χ0v) is 18.7. The van der Waals surface area contributed by atoms with Crippen molar-refractivity contribution >= 4 is 29.4 Å². The van der Waals surface area contributed by atoms with Crippen LogP contribution in [-0.4, -0.2) is 55.6 Å². The zero-order valence-electron chi connectivity index (χ0n) is 18.7. The molecular weight excluding hydrogens is 418 g/mol. The van der Waals surface area contributed by atoms with Gasteiger partial charge in [0.25, 0.3) is 0 Å². The number of nitrogens with zero attached hydrogens (tertiary/aromatic N) is 5. The average Bonchev–Trinajstić information content (AvgIpc) is 2.82. The highest BCUT2D eigenvalue weighted by atomic mass is 16.6. The first-order valence-corrected chi connectivity index (χ1v) is 10.9. The number of aromatic nitrogens is 2. The van der Waals surface area contributed by atoms with Crippen LogP contribution >= 0.6 is 0 Å². The summed E-state index contributed by atoms with van der Waals surface area (Å²) in [5.74, 6) is 1.47. The van der Waals surface area contributed by atoms with Gasteiger partial charge < -0.3 is 30.8 Å². The van der Waals surface area contributed by atoms with Gasteiger partial charge in [0.05, 0.1) is 11.9 Å². The van der Waals surface area contributed by atoms with Gasteiger partial charge in [-0.15, -0.1) is 0 Å². The number of oxime groups is 1. The molecule has 2 aromatic carbocycles. The Bertz CT molecular complexity index is 1040. The molecule has 0 atom stereocenters. The number of anilines is 4. The number of hydrogen-bond donors (Lipinski definition) is 2. The Morgan fingerprint density at radius 2 is 1.61 bits per heavy atom. The number of nitrogens with two attached hydrogens (primary N) is 2. The van der Waals surface area contributed by atoms with Crippen LogP contribution in [0.25, 0.3) is 0 Å². The molecule has 1 aromatic heterocycles. The smallest absolute Gasteiger partial charge is 0.222 e. The van der Waals surface area contributed by atoms with Crippen molar-refractivity contribution in [2.24, 2.45) is 5.16 Å². The Morgan fingerprint density at radius 3 is 2.30 bits per heavy atom. The molecule has 33 heavy (non-hydrogen) atoms. The highest BCUT2D eigenvalue weighted by Gasteiger charge is 2.22. The van der Waals surface area contributed by atoms with Crippen LogP contribution in [0, 0.1) is 6.92 Å². The van der Waals surface area contributed by atoms with E-state index in [0.29, 0.717) is 19.0 Å². The summed E-state index contributed by atoms with van der Waals surface area (Å²) >= 11 is 0. The summed E-state index contributed by atoms with van der Waals surface area (Å²) in [7, 11) is 0. The minimum absolute atomic E-state index is 0.210. The number of piperazine rings is 1. The van der Waals surface area contributed by atoms with Crippen LogP contribution in [0.1, 0.15) is 11.3 Å². The molecule has 0 unspecified atom stereocenters. The molecule has 3 aromatic rings. The zero-order chi connectivity index (χ0) is 23.0. The second-order valence-electron chi connectivity index (χ2n) is 7.70. The van der Waals surface area contributed by atoms with Gasteiger partial charge in [-0.25, -0.2) is 4.98 Å². The number of nitrogen functional groups attached to an aromatic ring is 2. The Balaban J connectivity index is 1.23. The van der Waals surface area contributed by atoms with Crippen LogP contribution < -0.4 is 26.0 Å². The van der Waals surface area contributed by atoms with E-state index in [4.69, 9.17) is 21.0 Å². The molecule has 0 aliphatic carbocycles. The predicted molar refractivity (Wildman–Crippen MR) is 132 cm³/mol. The molecule has 172 valence electrons. The van der Waals surface area contributed by atoms with Gasteiger partial charge in [-0.2, -0.15) is 4.98 Å². The molecule has 1 saturated heterocycles. The molecule has 0 spiro atoms.